The minimum Gasteiger partial charge on any atom is -0.507 e. The van der Waals surface area contributed by atoms with E-state index in [-0.39, 0.29) is 24.3 Å². The van der Waals surface area contributed by atoms with E-state index in [1.54, 1.807) is 19.2 Å². The van der Waals surface area contributed by atoms with E-state index >= 15 is 0 Å². The first-order chi connectivity index (χ1) is 15.1. The maximum atomic E-state index is 13.4. The summed E-state index contributed by atoms with van der Waals surface area (Å²) in [5.41, 5.74) is 1.69. The normalized spacial score (nSPS) is 11.4. The van der Waals surface area contributed by atoms with Crippen molar-refractivity contribution in [3.63, 3.8) is 0 Å². The molecule has 0 atom stereocenters. The molecular formula is C24H19F2NO5. The zero-order chi connectivity index (χ0) is 23.4. The number of aryl methyl sites for hydroxylation is 1. The van der Waals surface area contributed by atoms with Gasteiger partial charge in [0.05, 0.1) is 12.1 Å². The number of hydrogen-bond acceptors (Lipinski definition) is 4. The maximum Gasteiger partial charge on any atom is 0.376 e. The van der Waals surface area contributed by atoms with Crippen molar-refractivity contribution in [3.8, 4) is 0 Å². The zero-order valence-corrected chi connectivity index (χ0v) is 17.0. The van der Waals surface area contributed by atoms with E-state index in [0.29, 0.717) is 22.8 Å². The third kappa shape index (κ3) is 5.34. The fourth-order valence-corrected chi connectivity index (χ4v) is 3.22. The second kappa shape index (κ2) is 9.38. The minimum atomic E-state index is -1.78. The Hall–Kier alpha value is -4.07. The van der Waals surface area contributed by atoms with Crippen LogP contribution in [0, 0.1) is 18.6 Å². The van der Waals surface area contributed by atoms with Crippen molar-refractivity contribution < 1.29 is 28.6 Å². The molecule has 0 saturated heterocycles. The quantitative estimate of drug-likeness (QED) is 0.333. The fraction of sp³-hybridized carbons (Fsp3) is 0.125. The number of aliphatic hydroxyl groups is 1. The van der Waals surface area contributed by atoms with E-state index < -0.39 is 28.9 Å². The van der Waals surface area contributed by atoms with Crippen molar-refractivity contribution in [2.45, 2.75) is 19.9 Å². The van der Waals surface area contributed by atoms with E-state index in [9.17, 15) is 28.3 Å². The molecule has 0 fully saturated rings. The van der Waals surface area contributed by atoms with Gasteiger partial charge in [0.15, 0.2) is 0 Å². The highest BCUT2D eigenvalue weighted by atomic mass is 19.1. The van der Waals surface area contributed by atoms with Crippen LogP contribution in [0.15, 0.2) is 65.6 Å². The second-order valence-electron chi connectivity index (χ2n) is 7.27. The average molecular weight is 439 g/mol. The molecule has 3 aromatic rings. The van der Waals surface area contributed by atoms with Crippen molar-refractivity contribution in [2.24, 2.45) is 0 Å². The van der Waals surface area contributed by atoms with Crippen molar-refractivity contribution in [2.75, 3.05) is 0 Å². The lowest BCUT2D eigenvalue weighted by atomic mass is 10.00. The number of pyridine rings is 1. The van der Waals surface area contributed by atoms with E-state index in [4.69, 9.17) is 5.11 Å². The lowest BCUT2D eigenvalue weighted by Crippen LogP contribution is -2.25. The third-order valence-corrected chi connectivity index (χ3v) is 4.86. The van der Waals surface area contributed by atoms with Crippen LogP contribution < -0.4 is 5.56 Å². The van der Waals surface area contributed by atoms with E-state index in [1.807, 2.05) is 0 Å². The Bertz CT molecular complexity index is 1280. The predicted molar refractivity (Wildman–Crippen MR) is 113 cm³/mol. The molecule has 3 rings (SSSR count). The molecule has 0 aliphatic rings. The van der Waals surface area contributed by atoms with Gasteiger partial charge in [-0.25, -0.2) is 13.6 Å². The van der Waals surface area contributed by atoms with Crippen LogP contribution in [0.4, 0.5) is 8.78 Å². The van der Waals surface area contributed by atoms with Crippen LogP contribution in [-0.2, 0) is 22.6 Å². The summed E-state index contributed by atoms with van der Waals surface area (Å²) in [6.45, 7) is 1.78. The summed E-state index contributed by atoms with van der Waals surface area (Å²) in [6.07, 6.45) is 2.29. The van der Waals surface area contributed by atoms with Crippen LogP contribution in [0.3, 0.4) is 0 Å². The first-order valence-corrected chi connectivity index (χ1v) is 9.55. The number of carbonyl (C=O) groups excluding carboxylic acids is 1. The highest BCUT2D eigenvalue weighted by molar-refractivity contribution is 6.38. The van der Waals surface area contributed by atoms with Gasteiger partial charge in [-0.3, -0.25) is 9.59 Å². The summed E-state index contributed by atoms with van der Waals surface area (Å²) in [7, 11) is 0. The van der Waals surface area contributed by atoms with Crippen LogP contribution in [0.1, 0.15) is 27.8 Å². The van der Waals surface area contributed by atoms with Gasteiger partial charge in [-0.05, 0) is 65.9 Å². The lowest BCUT2D eigenvalue weighted by Gasteiger charge is -2.13. The molecule has 8 heteroatoms. The molecule has 1 heterocycles. The molecule has 164 valence electrons. The van der Waals surface area contributed by atoms with Gasteiger partial charge in [0.2, 0.25) is 0 Å². The van der Waals surface area contributed by atoms with Crippen LogP contribution in [0.25, 0.3) is 5.76 Å². The molecule has 32 heavy (non-hydrogen) atoms. The number of aromatic nitrogens is 1. The Balaban J connectivity index is 2.09. The van der Waals surface area contributed by atoms with Gasteiger partial charge in [-0.2, -0.15) is 0 Å². The molecule has 0 aliphatic heterocycles. The summed E-state index contributed by atoms with van der Waals surface area (Å²) in [4.78, 5) is 35.2. The standard InChI is InChI=1S/C24H19F2NO5/c1-14-8-19(26)7-4-17(14)9-16-10-20(21(28)11-22(29)24(31)32)23(30)27(13-16)12-15-2-5-18(25)6-3-15/h2-8,10-11,13,28H,9,12H2,1H3,(H,31,32). The van der Waals surface area contributed by atoms with Crippen molar-refractivity contribution in [1.82, 2.24) is 4.57 Å². The van der Waals surface area contributed by atoms with Crippen molar-refractivity contribution >= 4 is 17.5 Å². The molecule has 0 aliphatic carbocycles. The molecule has 0 bridgehead atoms. The molecule has 0 radical (unpaired) electrons. The highest BCUT2D eigenvalue weighted by Crippen LogP contribution is 2.18. The van der Waals surface area contributed by atoms with Crippen molar-refractivity contribution in [3.05, 3.63) is 111 Å². The van der Waals surface area contributed by atoms with Gasteiger partial charge < -0.3 is 14.8 Å². The lowest BCUT2D eigenvalue weighted by molar-refractivity contribution is -0.146. The predicted octanol–water partition coefficient (Wildman–Crippen LogP) is 3.63. The number of hydrogen-bond donors (Lipinski definition) is 2. The Morgan fingerprint density at radius 1 is 0.969 bits per heavy atom. The van der Waals surface area contributed by atoms with Crippen LogP contribution in [0.5, 0.6) is 0 Å². The van der Waals surface area contributed by atoms with Gasteiger partial charge in [-0.15, -0.1) is 0 Å². The molecule has 0 amide bonds. The van der Waals surface area contributed by atoms with Gasteiger partial charge in [-0.1, -0.05) is 18.2 Å². The smallest absolute Gasteiger partial charge is 0.376 e. The Morgan fingerprint density at radius 2 is 1.62 bits per heavy atom. The molecular weight excluding hydrogens is 420 g/mol. The Labute approximate surface area is 181 Å². The summed E-state index contributed by atoms with van der Waals surface area (Å²) in [6, 6.07) is 11.1. The third-order valence-electron chi connectivity index (χ3n) is 4.86. The maximum absolute atomic E-state index is 13.4. The molecule has 1 aromatic heterocycles. The van der Waals surface area contributed by atoms with Gasteiger partial charge in [0, 0.05) is 12.3 Å². The number of halogens is 2. The van der Waals surface area contributed by atoms with E-state index in [0.717, 1.165) is 5.56 Å². The second-order valence-corrected chi connectivity index (χ2v) is 7.27. The van der Waals surface area contributed by atoms with Gasteiger partial charge >= 0.3 is 5.97 Å². The number of benzene rings is 2. The number of carbonyl (C=O) groups is 2. The van der Waals surface area contributed by atoms with E-state index in [1.165, 1.54) is 47.0 Å². The SMILES string of the molecule is Cc1cc(F)ccc1Cc1cc(C(O)=CC(=O)C(=O)O)c(=O)n(Cc2ccc(F)cc2)c1. The summed E-state index contributed by atoms with van der Waals surface area (Å²) >= 11 is 0. The number of nitrogens with zero attached hydrogens (tertiary/aromatic N) is 1. The average Bonchev–Trinajstić information content (AvgIpc) is 2.73. The summed E-state index contributed by atoms with van der Waals surface area (Å²) < 4.78 is 27.9. The molecule has 0 spiro atoms. The number of rotatable bonds is 7. The van der Waals surface area contributed by atoms with Crippen LogP contribution in [-0.4, -0.2) is 26.5 Å². The number of aliphatic hydroxyl groups excluding tert-OH is 1. The molecule has 2 aromatic carbocycles. The monoisotopic (exact) mass is 439 g/mol. The van der Waals surface area contributed by atoms with Crippen LogP contribution >= 0.6 is 0 Å². The highest BCUT2D eigenvalue weighted by Gasteiger charge is 2.16. The Kier molecular flexibility index (Phi) is 6.63. The minimum absolute atomic E-state index is 0.0442. The summed E-state index contributed by atoms with van der Waals surface area (Å²) in [5, 5.41) is 19.1. The topological polar surface area (TPSA) is 96.6 Å². The molecule has 2 N–H and O–H groups in total. The first kappa shape index (κ1) is 22.6. The van der Waals surface area contributed by atoms with Crippen LogP contribution in [0.2, 0.25) is 0 Å². The van der Waals surface area contributed by atoms with Gasteiger partial charge in [0.1, 0.15) is 17.4 Å². The first-order valence-electron chi connectivity index (χ1n) is 9.55. The number of aliphatic carboxylic acids is 1. The Morgan fingerprint density at radius 3 is 2.25 bits per heavy atom. The number of carboxylic acid groups (broad SMARTS) is 1. The fourth-order valence-electron chi connectivity index (χ4n) is 3.22. The molecule has 0 unspecified atom stereocenters. The summed E-state index contributed by atoms with van der Waals surface area (Å²) in [5.74, 6) is -4.77. The largest absolute Gasteiger partial charge is 0.507 e. The van der Waals surface area contributed by atoms with E-state index in [2.05, 4.69) is 0 Å². The number of carboxylic acids is 1. The number of ketones is 1. The van der Waals surface area contributed by atoms with Gasteiger partial charge in [0.25, 0.3) is 11.3 Å². The van der Waals surface area contributed by atoms with Crippen molar-refractivity contribution in [1.29, 1.82) is 0 Å². The zero-order valence-electron chi connectivity index (χ0n) is 17.0. The molecule has 6 nitrogen and oxygen atoms in total. The molecule has 0 saturated carbocycles.